The highest BCUT2D eigenvalue weighted by molar-refractivity contribution is 7.03. The Kier molecular flexibility index (Phi) is 3.19. The van der Waals surface area contributed by atoms with Crippen LogP contribution in [0.1, 0.15) is 16.9 Å². The molecule has 0 saturated carbocycles. The quantitative estimate of drug-likeness (QED) is 0.684. The van der Waals surface area contributed by atoms with Crippen molar-refractivity contribution in [1.29, 1.82) is 0 Å². The Balaban J connectivity index is 2.43. The van der Waals surface area contributed by atoms with Gasteiger partial charge in [0.1, 0.15) is 5.69 Å². The first-order chi connectivity index (χ1) is 5.34. The van der Waals surface area contributed by atoms with Gasteiger partial charge < -0.3 is 5.32 Å². The fourth-order valence-corrected chi connectivity index (χ4v) is 1.25. The van der Waals surface area contributed by atoms with Gasteiger partial charge in [-0.3, -0.25) is 4.79 Å². The van der Waals surface area contributed by atoms with Crippen LogP contribution in [0.4, 0.5) is 0 Å². The average Bonchev–Trinajstić information content (AvgIpc) is 2.52. The summed E-state index contributed by atoms with van der Waals surface area (Å²) >= 11 is 1.31. The topological polar surface area (TPSA) is 42.0 Å². The van der Waals surface area contributed by atoms with Gasteiger partial charge in [0.2, 0.25) is 0 Å². The molecule has 0 atom stereocenters. The van der Waals surface area contributed by atoms with Crippen LogP contribution in [0, 0.1) is 0 Å². The predicted molar refractivity (Wildman–Crippen MR) is 45.0 cm³/mol. The maximum absolute atomic E-state index is 11.2. The number of hydrogen-bond donors (Lipinski definition) is 1. The molecule has 0 aromatic carbocycles. The van der Waals surface area contributed by atoms with E-state index in [0.717, 1.165) is 6.54 Å². The summed E-state index contributed by atoms with van der Waals surface area (Å²) in [5, 5.41) is 4.73. The van der Waals surface area contributed by atoms with Gasteiger partial charge >= 0.3 is 0 Å². The van der Waals surface area contributed by atoms with Crippen molar-refractivity contribution >= 4 is 17.3 Å². The molecule has 1 rings (SSSR count). The molecular formula is C7H10N2OS. The van der Waals surface area contributed by atoms with Crippen molar-refractivity contribution in [3.63, 3.8) is 0 Å². The second-order valence-corrected chi connectivity index (χ2v) is 2.83. The number of hydrogen-bond acceptors (Lipinski definition) is 4. The smallest absolute Gasteiger partial charge is 0.183 e. The van der Waals surface area contributed by atoms with E-state index in [1.54, 1.807) is 6.07 Å². The van der Waals surface area contributed by atoms with Gasteiger partial charge in [-0.2, -0.15) is 4.37 Å². The molecule has 3 nitrogen and oxygen atoms in total. The van der Waals surface area contributed by atoms with E-state index in [9.17, 15) is 4.79 Å². The number of carbonyl (C=O) groups is 1. The lowest BCUT2D eigenvalue weighted by molar-refractivity contribution is 0.0979. The SMILES string of the molecule is CNCCC(=O)c1ccsn1. The zero-order chi connectivity index (χ0) is 8.10. The summed E-state index contributed by atoms with van der Waals surface area (Å²) in [6.07, 6.45) is 0.528. The molecule has 1 heterocycles. The van der Waals surface area contributed by atoms with Gasteiger partial charge in [-0.15, -0.1) is 0 Å². The second-order valence-electron chi connectivity index (χ2n) is 2.16. The molecule has 0 bridgehead atoms. The number of rotatable bonds is 4. The first-order valence-corrected chi connectivity index (χ1v) is 4.26. The molecule has 0 aliphatic heterocycles. The molecule has 0 unspecified atom stereocenters. The fraction of sp³-hybridized carbons (Fsp3) is 0.429. The third kappa shape index (κ3) is 2.40. The van der Waals surface area contributed by atoms with Crippen LogP contribution >= 0.6 is 11.5 Å². The van der Waals surface area contributed by atoms with Crippen LogP contribution < -0.4 is 5.32 Å². The summed E-state index contributed by atoms with van der Waals surface area (Å²) in [4.78, 5) is 11.2. The summed E-state index contributed by atoms with van der Waals surface area (Å²) in [5.74, 6) is 0.112. The highest BCUT2D eigenvalue weighted by atomic mass is 32.1. The number of aromatic nitrogens is 1. The lowest BCUT2D eigenvalue weighted by Gasteiger charge is -1.94. The summed E-state index contributed by atoms with van der Waals surface area (Å²) in [6, 6.07) is 1.75. The maximum atomic E-state index is 11.2. The van der Waals surface area contributed by atoms with Crippen molar-refractivity contribution in [3.8, 4) is 0 Å². The Morgan fingerprint density at radius 2 is 2.64 bits per heavy atom. The van der Waals surface area contributed by atoms with E-state index in [0.29, 0.717) is 12.1 Å². The molecule has 0 radical (unpaired) electrons. The monoisotopic (exact) mass is 170 g/mol. The average molecular weight is 170 g/mol. The minimum Gasteiger partial charge on any atom is -0.319 e. The zero-order valence-electron chi connectivity index (χ0n) is 6.33. The summed E-state index contributed by atoms with van der Waals surface area (Å²) < 4.78 is 3.93. The van der Waals surface area contributed by atoms with Crippen LogP contribution in [0.5, 0.6) is 0 Å². The van der Waals surface area contributed by atoms with Crippen molar-refractivity contribution < 1.29 is 4.79 Å². The van der Waals surface area contributed by atoms with E-state index < -0.39 is 0 Å². The molecular weight excluding hydrogens is 160 g/mol. The Bertz CT molecular complexity index is 220. The summed E-state index contributed by atoms with van der Waals surface area (Å²) in [5.41, 5.74) is 0.588. The third-order valence-electron chi connectivity index (χ3n) is 1.33. The predicted octanol–water partition coefficient (Wildman–Crippen LogP) is 0.935. The summed E-state index contributed by atoms with van der Waals surface area (Å²) in [7, 11) is 1.83. The highest BCUT2D eigenvalue weighted by Gasteiger charge is 2.05. The van der Waals surface area contributed by atoms with Gasteiger partial charge in [-0.1, -0.05) is 0 Å². The Hall–Kier alpha value is -0.740. The maximum Gasteiger partial charge on any atom is 0.183 e. The molecule has 0 amide bonds. The molecule has 0 fully saturated rings. The molecule has 0 aliphatic carbocycles. The van der Waals surface area contributed by atoms with Crippen LogP contribution in [0.3, 0.4) is 0 Å². The van der Waals surface area contributed by atoms with E-state index in [-0.39, 0.29) is 5.78 Å². The normalized spacial score (nSPS) is 9.91. The molecule has 0 spiro atoms. The molecule has 0 aliphatic rings. The molecule has 1 aromatic rings. The number of Topliss-reactive ketones (excluding diaryl/α,β-unsaturated/α-hetero) is 1. The fourth-order valence-electron chi connectivity index (χ4n) is 0.723. The third-order valence-corrected chi connectivity index (χ3v) is 1.89. The van der Waals surface area contributed by atoms with E-state index in [1.807, 2.05) is 12.4 Å². The van der Waals surface area contributed by atoms with Gasteiger partial charge in [-0.05, 0) is 24.6 Å². The molecule has 11 heavy (non-hydrogen) atoms. The van der Waals surface area contributed by atoms with Crippen molar-refractivity contribution in [3.05, 3.63) is 17.1 Å². The number of nitrogens with one attached hydrogen (secondary N) is 1. The van der Waals surface area contributed by atoms with Crippen LogP contribution in [-0.2, 0) is 0 Å². The Morgan fingerprint density at radius 3 is 3.18 bits per heavy atom. The lowest BCUT2D eigenvalue weighted by Crippen LogP contribution is -2.13. The van der Waals surface area contributed by atoms with Crippen molar-refractivity contribution in [1.82, 2.24) is 9.69 Å². The first kappa shape index (κ1) is 8.36. The van der Waals surface area contributed by atoms with E-state index in [1.165, 1.54) is 11.5 Å². The summed E-state index contributed by atoms with van der Waals surface area (Å²) in [6.45, 7) is 0.719. The van der Waals surface area contributed by atoms with Crippen molar-refractivity contribution in [2.75, 3.05) is 13.6 Å². The minimum absolute atomic E-state index is 0.112. The Labute approximate surface area is 69.6 Å². The molecule has 0 saturated heterocycles. The largest absolute Gasteiger partial charge is 0.319 e. The number of nitrogens with zero attached hydrogens (tertiary/aromatic N) is 1. The highest BCUT2D eigenvalue weighted by Crippen LogP contribution is 2.02. The van der Waals surface area contributed by atoms with Crippen molar-refractivity contribution in [2.45, 2.75) is 6.42 Å². The van der Waals surface area contributed by atoms with Gasteiger partial charge in [0.05, 0.1) is 0 Å². The van der Waals surface area contributed by atoms with Gasteiger partial charge in [0.25, 0.3) is 0 Å². The first-order valence-electron chi connectivity index (χ1n) is 3.43. The number of ketones is 1. The van der Waals surface area contributed by atoms with E-state index in [2.05, 4.69) is 9.69 Å². The van der Waals surface area contributed by atoms with Crippen LogP contribution in [0.15, 0.2) is 11.4 Å². The van der Waals surface area contributed by atoms with Crippen LogP contribution in [-0.4, -0.2) is 23.7 Å². The number of carbonyl (C=O) groups excluding carboxylic acids is 1. The van der Waals surface area contributed by atoms with Crippen LogP contribution in [0.2, 0.25) is 0 Å². The second kappa shape index (κ2) is 4.20. The molecule has 60 valence electrons. The van der Waals surface area contributed by atoms with Gasteiger partial charge in [0, 0.05) is 18.3 Å². The van der Waals surface area contributed by atoms with E-state index in [4.69, 9.17) is 0 Å². The lowest BCUT2D eigenvalue weighted by atomic mass is 10.2. The zero-order valence-corrected chi connectivity index (χ0v) is 7.15. The molecule has 1 aromatic heterocycles. The molecule has 1 N–H and O–H groups in total. The standard InChI is InChI=1S/C7H10N2OS/c1-8-4-2-7(10)6-3-5-11-9-6/h3,5,8H,2,4H2,1H3. The Morgan fingerprint density at radius 1 is 1.82 bits per heavy atom. The van der Waals surface area contributed by atoms with E-state index >= 15 is 0 Å². The minimum atomic E-state index is 0.112. The van der Waals surface area contributed by atoms with Gasteiger partial charge in [0.15, 0.2) is 5.78 Å². The molecule has 4 heteroatoms. The van der Waals surface area contributed by atoms with Crippen molar-refractivity contribution in [2.24, 2.45) is 0 Å². The van der Waals surface area contributed by atoms with Gasteiger partial charge in [-0.25, -0.2) is 0 Å². The van der Waals surface area contributed by atoms with Crippen LogP contribution in [0.25, 0.3) is 0 Å².